The zero-order valence-electron chi connectivity index (χ0n) is 17.0. The van der Waals surface area contributed by atoms with E-state index in [0.29, 0.717) is 6.54 Å². The van der Waals surface area contributed by atoms with E-state index in [0.717, 1.165) is 38.2 Å². The molecule has 1 saturated heterocycles. The van der Waals surface area contributed by atoms with Gasteiger partial charge >= 0.3 is 5.97 Å². The number of carboxylic acid groups (broad SMARTS) is 1. The number of hydrogen-bond acceptors (Lipinski definition) is 4. The molecule has 1 aliphatic rings. The molecule has 0 aliphatic carbocycles. The van der Waals surface area contributed by atoms with Gasteiger partial charge in [0.15, 0.2) is 0 Å². The van der Waals surface area contributed by atoms with Crippen LogP contribution in [0.5, 0.6) is 0 Å². The van der Waals surface area contributed by atoms with E-state index >= 15 is 0 Å². The average molecular weight is 376 g/mol. The van der Waals surface area contributed by atoms with E-state index in [1.54, 1.807) is 0 Å². The third-order valence-corrected chi connectivity index (χ3v) is 5.22. The Kier molecular flexibility index (Phi) is 7.39. The number of piperidine rings is 1. The second kappa shape index (κ2) is 9.33. The summed E-state index contributed by atoms with van der Waals surface area (Å²) in [6.45, 7) is 11.3. The minimum Gasteiger partial charge on any atom is -0.480 e. The van der Waals surface area contributed by atoms with Crippen molar-refractivity contribution in [3.8, 4) is 0 Å². The Hall–Kier alpha value is -1.92. The average Bonchev–Trinajstić information content (AvgIpc) is 2.60. The molecule has 27 heavy (non-hydrogen) atoms. The van der Waals surface area contributed by atoms with Crippen LogP contribution in [0.3, 0.4) is 0 Å². The summed E-state index contributed by atoms with van der Waals surface area (Å²) in [4.78, 5) is 27.5. The van der Waals surface area contributed by atoms with Crippen molar-refractivity contribution in [1.82, 2.24) is 9.80 Å². The molecule has 6 heteroatoms. The predicted molar refractivity (Wildman–Crippen MR) is 108 cm³/mol. The normalized spacial score (nSPS) is 16.5. The van der Waals surface area contributed by atoms with Gasteiger partial charge in [-0.1, -0.05) is 39.8 Å². The predicted octanol–water partition coefficient (Wildman–Crippen LogP) is 2.79. The number of nitrogens with one attached hydrogen (secondary N) is 1. The summed E-state index contributed by atoms with van der Waals surface area (Å²) in [5, 5.41) is 12.0. The Bertz CT molecular complexity index is 629. The van der Waals surface area contributed by atoms with E-state index in [1.165, 1.54) is 5.56 Å². The number of aliphatic carboxylic acids is 1. The highest BCUT2D eigenvalue weighted by molar-refractivity contribution is 5.92. The summed E-state index contributed by atoms with van der Waals surface area (Å²) in [7, 11) is 0. The van der Waals surface area contributed by atoms with Gasteiger partial charge in [0.05, 0.1) is 13.1 Å². The van der Waals surface area contributed by atoms with E-state index < -0.39 is 5.97 Å². The molecular weight excluding hydrogens is 342 g/mol. The molecule has 0 saturated carbocycles. The molecule has 6 nitrogen and oxygen atoms in total. The number of nitrogens with zero attached hydrogens (tertiary/aromatic N) is 2. The van der Waals surface area contributed by atoms with Crippen molar-refractivity contribution in [2.24, 2.45) is 0 Å². The van der Waals surface area contributed by atoms with Gasteiger partial charge in [-0.25, -0.2) is 0 Å². The number of rotatable bonds is 7. The van der Waals surface area contributed by atoms with E-state index in [4.69, 9.17) is 5.11 Å². The molecule has 0 unspecified atom stereocenters. The SMILES string of the molecule is CCN(CC(=O)O)C1CCN(CC(=O)Nc2ccc(C(C)(C)C)cc2)CC1. The Labute approximate surface area is 162 Å². The third kappa shape index (κ3) is 6.63. The number of amides is 1. The van der Waals surface area contributed by atoms with Crippen LogP contribution in [0.4, 0.5) is 5.69 Å². The van der Waals surface area contributed by atoms with Crippen molar-refractivity contribution in [1.29, 1.82) is 0 Å². The fourth-order valence-electron chi connectivity index (χ4n) is 3.57. The number of likely N-dealkylation sites (N-methyl/N-ethyl adjacent to an activating group) is 1. The summed E-state index contributed by atoms with van der Waals surface area (Å²) in [5.41, 5.74) is 2.16. The van der Waals surface area contributed by atoms with Crippen LogP contribution in [-0.2, 0) is 15.0 Å². The van der Waals surface area contributed by atoms with Gasteiger partial charge in [0, 0.05) is 24.8 Å². The quantitative estimate of drug-likeness (QED) is 0.767. The molecule has 1 aromatic rings. The monoisotopic (exact) mass is 375 g/mol. The molecule has 2 rings (SSSR count). The maximum atomic E-state index is 12.3. The lowest BCUT2D eigenvalue weighted by Crippen LogP contribution is -2.48. The van der Waals surface area contributed by atoms with Gasteiger partial charge in [0.2, 0.25) is 5.91 Å². The van der Waals surface area contributed by atoms with Crippen LogP contribution in [0.15, 0.2) is 24.3 Å². The number of carbonyl (C=O) groups is 2. The molecule has 0 bridgehead atoms. The van der Waals surface area contributed by atoms with Crippen LogP contribution >= 0.6 is 0 Å². The summed E-state index contributed by atoms with van der Waals surface area (Å²) < 4.78 is 0. The first kappa shape index (κ1) is 21.4. The van der Waals surface area contributed by atoms with Crippen LogP contribution < -0.4 is 5.32 Å². The maximum Gasteiger partial charge on any atom is 0.317 e. The molecule has 0 atom stereocenters. The van der Waals surface area contributed by atoms with E-state index in [2.05, 4.69) is 43.1 Å². The van der Waals surface area contributed by atoms with Crippen molar-refractivity contribution in [3.05, 3.63) is 29.8 Å². The highest BCUT2D eigenvalue weighted by Crippen LogP contribution is 2.23. The van der Waals surface area contributed by atoms with E-state index in [1.807, 2.05) is 24.0 Å². The molecule has 0 radical (unpaired) electrons. The molecule has 1 fully saturated rings. The molecule has 1 aromatic carbocycles. The van der Waals surface area contributed by atoms with Crippen LogP contribution in [0.1, 0.15) is 46.1 Å². The van der Waals surface area contributed by atoms with Gasteiger partial charge in [0.1, 0.15) is 0 Å². The van der Waals surface area contributed by atoms with Crippen molar-refractivity contribution < 1.29 is 14.7 Å². The Morgan fingerprint density at radius 2 is 1.78 bits per heavy atom. The first-order valence-electron chi connectivity index (χ1n) is 9.77. The van der Waals surface area contributed by atoms with Crippen LogP contribution in [0, 0.1) is 0 Å². The van der Waals surface area contributed by atoms with Gasteiger partial charge in [-0.3, -0.25) is 19.4 Å². The lowest BCUT2D eigenvalue weighted by Gasteiger charge is -2.37. The van der Waals surface area contributed by atoms with Crippen molar-refractivity contribution in [3.63, 3.8) is 0 Å². The molecular formula is C21H33N3O3. The largest absolute Gasteiger partial charge is 0.480 e. The molecule has 150 valence electrons. The van der Waals surface area contributed by atoms with Crippen molar-refractivity contribution in [2.45, 2.75) is 52.0 Å². The van der Waals surface area contributed by atoms with Crippen molar-refractivity contribution >= 4 is 17.6 Å². The molecule has 0 spiro atoms. The van der Waals surface area contributed by atoms with E-state index in [9.17, 15) is 9.59 Å². The summed E-state index contributed by atoms with van der Waals surface area (Å²) in [6, 6.07) is 8.31. The number of anilines is 1. The van der Waals surface area contributed by atoms with Gasteiger partial charge in [-0.15, -0.1) is 0 Å². The topological polar surface area (TPSA) is 72.9 Å². The summed E-state index contributed by atoms with van der Waals surface area (Å²) in [6.07, 6.45) is 1.79. The van der Waals surface area contributed by atoms with Crippen LogP contribution in [0.2, 0.25) is 0 Å². The first-order chi connectivity index (χ1) is 12.7. The standard InChI is InChI=1S/C21H33N3O3/c1-5-24(15-20(26)27)18-10-12-23(13-11-18)14-19(25)22-17-8-6-16(7-9-17)21(2,3)4/h6-9,18H,5,10-15H2,1-4H3,(H,22,25)(H,26,27). The minimum absolute atomic E-state index is 0.00478. The minimum atomic E-state index is -0.781. The van der Waals surface area contributed by atoms with Gasteiger partial charge in [0.25, 0.3) is 0 Å². The Balaban J connectivity index is 1.79. The number of carboxylic acids is 1. The first-order valence-corrected chi connectivity index (χ1v) is 9.77. The zero-order chi connectivity index (χ0) is 20.0. The fourth-order valence-corrected chi connectivity index (χ4v) is 3.57. The van der Waals surface area contributed by atoms with Crippen molar-refractivity contribution in [2.75, 3.05) is 38.0 Å². The van der Waals surface area contributed by atoms with Gasteiger partial charge < -0.3 is 10.4 Å². The second-order valence-electron chi connectivity index (χ2n) is 8.34. The highest BCUT2D eigenvalue weighted by atomic mass is 16.4. The zero-order valence-corrected chi connectivity index (χ0v) is 17.0. The molecule has 2 N–H and O–H groups in total. The second-order valence-corrected chi connectivity index (χ2v) is 8.34. The summed E-state index contributed by atoms with van der Waals surface area (Å²) >= 11 is 0. The number of carbonyl (C=O) groups excluding carboxylic acids is 1. The Morgan fingerprint density at radius 1 is 1.19 bits per heavy atom. The van der Waals surface area contributed by atoms with Crippen LogP contribution in [0.25, 0.3) is 0 Å². The van der Waals surface area contributed by atoms with Gasteiger partial charge in [-0.2, -0.15) is 0 Å². The summed E-state index contributed by atoms with van der Waals surface area (Å²) in [5.74, 6) is -0.786. The highest BCUT2D eigenvalue weighted by Gasteiger charge is 2.25. The number of hydrogen-bond donors (Lipinski definition) is 2. The Morgan fingerprint density at radius 3 is 2.26 bits per heavy atom. The molecule has 1 amide bonds. The lowest BCUT2D eigenvalue weighted by atomic mass is 9.87. The number of benzene rings is 1. The van der Waals surface area contributed by atoms with Gasteiger partial charge in [-0.05, 0) is 42.5 Å². The number of likely N-dealkylation sites (tertiary alicyclic amines) is 1. The lowest BCUT2D eigenvalue weighted by molar-refractivity contribution is -0.139. The van der Waals surface area contributed by atoms with E-state index in [-0.39, 0.29) is 23.9 Å². The fraction of sp³-hybridized carbons (Fsp3) is 0.619. The smallest absolute Gasteiger partial charge is 0.317 e. The molecule has 1 heterocycles. The molecule has 1 aliphatic heterocycles. The van der Waals surface area contributed by atoms with Crippen LogP contribution in [-0.4, -0.2) is 65.5 Å². The third-order valence-electron chi connectivity index (χ3n) is 5.22. The maximum absolute atomic E-state index is 12.3. The molecule has 0 aromatic heterocycles.